The number of aromatic nitrogens is 2. The van der Waals surface area contributed by atoms with Crippen LogP contribution < -0.4 is 5.32 Å². The van der Waals surface area contributed by atoms with Gasteiger partial charge in [-0.05, 0) is 25.8 Å². The van der Waals surface area contributed by atoms with Gasteiger partial charge in [0.15, 0.2) is 0 Å². The lowest BCUT2D eigenvalue weighted by Crippen LogP contribution is -2.31. The topological polar surface area (TPSA) is 41.1 Å². The van der Waals surface area contributed by atoms with Gasteiger partial charge in [-0.2, -0.15) is 0 Å². The first-order valence-corrected chi connectivity index (χ1v) is 7.11. The maximum absolute atomic E-state index is 6.06. The van der Waals surface area contributed by atoms with Crippen molar-refractivity contribution >= 4 is 17.4 Å². The Morgan fingerprint density at radius 2 is 2.17 bits per heavy atom. The third kappa shape index (κ3) is 3.33. The van der Waals surface area contributed by atoms with Crippen LogP contribution >= 0.6 is 11.6 Å². The van der Waals surface area contributed by atoms with E-state index < -0.39 is 0 Å². The third-order valence-electron chi connectivity index (χ3n) is 3.41. The van der Waals surface area contributed by atoms with E-state index in [-0.39, 0.29) is 0 Å². The minimum atomic E-state index is 0.560. The summed E-state index contributed by atoms with van der Waals surface area (Å²) in [5, 5.41) is 3.93. The summed E-state index contributed by atoms with van der Waals surface area (Å²) in [5.74, 6) is 0.879. The van der Waals surface area contributed by atoms with Crippen molar-refractivity contribution in [3.05, 3.63) is 17.0 Å². The van der Waals surface area contributed by atoms with Crippen LogP contribution in [-0.2, 0) is 6.42 Å². The van der Waals surface area contributed by atoms with Gasteiger partial charge in [0.1, 0.15) is 17.3 Å². The van der Waals surface area contributed by atoms with Crippen LogP contribution in [0.5, 0.6) is 0 Å². The Balaban J connectivity index is 1.87. The van der Waals surface area contributed by atoms with E-state index in [0.717, 1.165) is 43.5 Å². The van der Waals surface area contributed by atoms with Gasteiger partial charge in [0.25, 0.3) is 0 Å². The van der Waals surface area contributed by atoms with Gasteiger partial charge < -0.3 is 5.32 Å². The molecule has 100 valence electrons. The monoisotopic (exact) mass is 268 g/mol. The number of nitrogens with zero attached hydrogens (tertiary/aromatic N) is 3. The summed E-state index contributed by atoms with van der Waals surface area (Å²) in [6, 6.07) is 0.816. The van der Waals surface area contributed by atoms with Crippen LogP contribution in [0.1, 0.15) is 32.3 Å². The fraction of sp³-hybridized carbons (Fsp3) is 0.692. The standard InChI is InChI=1S/C13H21ClN4/c1-3-11-12(14)16-9-17-13(11)15-7-8-18(4-2)10-5-6-10/h9-10H,3-8H2,1-2H3,(H,15,16,17). The lowest BCUT2D eigenvalue weighted by atomic mass is 10.2. The molecule has 2 rings (SSSR count). The van der Waals surface area contributed by atoms with Crippen LogP contribution in [-0.4, -0.2) is 40.5 Å². The van der Waals surface area contributed by atoms with Crippen molar-refractivity contribution in [2.24, 2.45) is 0 Å². The van der Waals surface area contributed by atoms with Crippen molar-refractivity contribution in [2.45, 2.75) is 39.2 Å². The van der Waals surface area contributed by atoms with Gasteiger partial charge in [-0.3, -0.25) is 4.90 Å². The molecule has 1 aliphatic rings. The average molecular weight is 269 g/mol. The zero-order chi connectivity index (χ0) is 13.0. The molecule has 0 bridgehead atoms. The number of nitrogens with one attached hydrogen (secondary N) is 1. The Kier molecular flexibility index (Phi) is 4.78. The maximum atomic E-state index is 6.06. The molecular formula is C13H21ClN4. The molecule has 1 aliphatic carbocycles. The number of rotatable bonds is 7. The van der Waals surface area contributed by atoms with E-state index in [1.165, 1.54) is 19.2 Å². The highest BCUT2D eigenvalue weighted by Crippen LogP contribution is 2.26. The van der Waals surface area contributed by atoms with E-state index >= 15 is 0 Å². The van der Waals surface area contributed by atoms with Gasteiger partial charge in [-0.1, -0.05) is 25.4 Å². The highest BCUT2D eigenvalue weighted by atomic mass is 35.5. The quantitative estimate of drug-likeness (QED) is 0.772. The number of halogens is 1. The van der Waals surface area contributed by atoms with Crippen molar-refractivity contribution < 1.29 is 0 Å². The molecule has 0 aromatic carbocycles. The molecule has 0 aliphatic heterocycles. The Morgan fingerprint density at radius 1 is 1.39 bits per heavy atom. The van der Waals surface area contributed by atoms with Gasteiger partial charge >= 0.3 is 0 Å². The Morgan fingerprint density at radius 3 is 2.78 bits per heavy atom. The second kappa shape index (κ2) is 6.34. The van der Waals surface area contributed by atoms with Crippen LogP contribution in [0.2, 0.25) is 5.15 Å². The maximum Gasteiger partial charge on any atom is 0.137 e. The molecule has 4 nitrogen and oxygen atoms in total. The summed E-state index contributed by atoms with van der Waals surface area (Å²) in [6.07, 6.45) is 5.07. The molecule has 5 heteroatoms. The van der Waals surface area contributed by atoms with Crippen molar-refractivity contribution in [1.29, 1.82) is 0 Å². The first kappa shape index (κ1) is 13.6. The molecule has 1 heterocycles. The first-order valence-electron chi connectivity index (χ1n) is 6.73. The van der Waals surface area contributed by atoms with Crippen LogP contribution in [0.4, 0.5) is 5.82 Å². The number of hydrogen-bond donors (Lipinski definition) is 1. The molecule has 1 saturated carbocycles. The minimum absolute atomic E-state index is 0.560. The molecule has 1 N–H and O–H groups in total. The average Bonchev–Trinajstić information content (AvgIpc) is 3.19. The van der Waals surface area contributed by atoms with Gasteiger partial charge in [0.2, 0.25) is 0 Å². The molecule has 1 aromatic heterocycles. The summed E-state index contributed by atoms with van der Waals surface area (Å²) in [6.45, 7) is 7.38. The van der Waals surface area contributed by atoms with Crippen LogP contribution in [0.15, 0.2) is 6.33 Å². The zero-order valence-electron chi connectivity index (χ0n) is 11.1. The second-order valence-corrected chi connectivity index (χ2v) is 4.99. The number of anilines is 1. The lowest BCUT2D eigenvalue weighted by Gasteiger charge is -2.20. The fourth-order valence-electron chi connectivity index (χ4n) is 2.21. The third-order valence-corrected chi connectivity index (χ3v) is 3.73. The molecule has 0 atom stereocenters. The molecule has 0 radical (unpaired) electrons. The largest absolute Gasteiger partial charge is 0.368 e. The van der Waals surface area contributed by atoms with E-state index in [1.807, 2.05) is 0 Å². The molecule has 1 aromatic rings. The number of hydrogen-bond acceptors (Lipinski definition) is 4. The highest BCUT2D eigenvalue weighted by Gasteiger charge is 2.27. The fourth-order valence-corrected chi connectivity index (χ4v) is 2.48. The molecule has 0 spiro atoms. The summed E-state index contributed by atoms with van der Waals surface area (Å²) in [5.41, 5.74) is 1.01. The van der Waals surface area contributed by atoms with E-state index in [4.69, 9.17) is 11.6 Å². The lowest BCUT2D eigenvalue weighted by molar-refractivity contribution is 0.289. The predicted octanol–water partition coefficient (Wildman–Crippen LogP) is 2.59. The van der Waals surface area contributed by atoms with E-state index in [2.05, 4.69) is 34.0 Å². The van der Waals surface area contributed by atoms with Gasteiger partial charge in [-0.25, -0.2) is 9.97 Å². The van der Waals surface area contributed by atoms with Gasteiger partial charge in [0.05, 0.1) is 0 Å². The number of likely N-dealkylation sites (N-methyl/N-ethyl adjacent to an activating group) is 1. The highest BCUT2D eigenvalue weighted by molar-refractivity contribution is 6.30. The van der Waals surface area contributed by atoms with Crippen LogP contribution in [0, 0.1) is 0 Å². The van der Waals surface area contributed by atoms with Crippen LogP contribution in [0.25, 0.3) is 0 Å². The Hall–Kier alpha value is -0.870. The summed E-state index contributed by atoms with van der Waals surface area (Å²) < 4.78 is 0. The first-order chi connectivity index (χ1) is 8.76. The second-order valence-electron chi connectivity index (χ2n) is 4.63. The molecular weight excluding hydrogens is 248 g/mol. The summed E-state index contributed by atoms with van der Waals surface area (Å²) >= 11 is 6.06. The summed E-state index contributed by atoms with van der Waals surface area (Å²) in [4.78, 5) is 10.8. The smallest absolute Gasteiger partial charge is 0.137 e. The SMILES string of the molecule is CCc1c(Cl)ncnc1NCCN(CC)C1CC1. The molecule has 1 fully saturated rings. The van der Waals surface area contributed by atoms with Crippen molar-refractivity contribution in [3.63, 3.8) is 0 Å². The van der Waals surface area contributed by atoms with Crippen LogP contribution in [0.3, 0.4) is 0 Å². The van der Waals surface area contributed by atoms with Gasteiger partial charge in [-0.15, -0.1) is 0 Å². The molecule has 0 unspecified atom stereocenters. The normalized spacial score (nSPS) is 15.1. The van der Waals surface area contributed by atoms with Gasteiger partial charge in [0, 0.05) is 24.7 Å². The van der Waals surface area contributed by atoms with Crippen molar-refractivity contribution in [2.75, 3.05) is 25.0 Å². The van der Waals surface area contributed by atoms with Crippen molar-refractivity contribution in [3.8, 4) is 0 Å². The Labute approximate surface area is 114 Å². The summed E-state index contributed by atoms with van der Waals surface area (Å²) in [7, 11) is 0. The molecule has 0 amide bonds. The minimum Gasteiger partial charge on any atom is -0.368 e. The Bertz CT molecular complexity index is 393. The van der Waals surface area contributed by atoms with E-state index in [9.17, 15) is 0 Å². The van der Waals surface area contributed by atoms with E-state index in [1.54, 1.807) is 0 Å². The molecule has 18 heavy (non-hydrogen) atoms. The predicted molar refractivity (Wildman–Crippen MR) is 75.2 cm³/mol. The zero-order valence-corrected chi connectivity index (χ0v) is 11.9. The molecule has 0 saturated heterocycles. The van der Waals surface area contributed by atoms with Crippen molar-refractivity contribution in [1.82, 2.24) is 14.9 Å². The van der Waals surface area contributed by atoms with E-state index in [0.29, 0.717) is 5.15 Å².